The second-order valence-electron chi connectivity index (χ2n) is 6.94. The molecule has 31 heavy (non-hydrogen) atoms. The summed E-state index contributed by atoms with van der Waals surface area (Å²) in [6.07, 6.45) is 0. The summed E-state index contributed by atoms with van der Waals surface area (Å²) in [5, 5.41) is 0. The third-order valence-corrected chi connectivity index (χ3v) is 4.54. The fourth-order valence-corrected chi connectivity index (χ4v) is 2.87. The Labute approximate surface area is 179 Å². The lowest BCUT2D eigenvalue weighted by molar-refractivity contribution is -0.123. The average Bonchev–Trinajstić information content (AvgIpc) is 2.78. The van der Waals surface area contributed by atoms with E-state index in [1.165, 1.54) is 36.4 Å². The first kappa shape index (κ1) is 21.7. The number of hydrogen-bond acceptors (Lipinski definition) is 4. The van der Waals surface area contributed by atoms with E-state index in [2.05, 4.69) is 10.9 Å². The lowest BCUT2D eigenvalue weighted by atomic mass is 9.98. The smallest absolute Gasteiger partial charge is 0.276 e. The Balaban J connectivity index is 1.63. The summed E-state index contributed by atoms with van der Waals surface area (Å²) in [5.41, 5.74) is 6.89. The molecule has 2 amide bonds. The molecule has 0 aliphatic carbocycles. The van der Waals surface area contributed by atoms with Gasteiger partial charge in [-0.2, -0.15) is 0 Å². The first-order valence-electron chi connectivity index (χ1n) is 9.53. The zero-order chi connectivity index (χ0) is 22.4. The number of amides is 2. The quantitative estimate of drug-likeness (QED) is 0.472. The summed E-state index contributed by atoms with van der Waals surface area (Å²) in [6.45, 7) is 3.49. The summed E-state index contributed by atoms with van der Waals surface area (Å²) in [4.78, 5) is 37.4. The SMILES string of the molecule is Cc1ccc(C)c(OCC(=O)NNC(=O)c2ccccc2C(=O)c2ccc(F)cc2)c1. The third kappa shape index (κ3) is 5.54. The van der Waals surface area contributed by atoms with Crippen LogP contribution in [0, 0.1) is 19.7 Å². The molecule has 3 rings (SSSR count). The van der Waals surface area contributed by atoms with Gasteiger partial charge in [-0.05, 0) is 61.4 Å². The third-order valence-electron chi connectivity index (χ3n) is 4.54. The van der Waals surface area contributed by atoms with E-state index in [4.69, 9.17) is 4.74 Å². The number of rotatable bonds is 6. The van der Waals surface area contributed by atoms with Crippen molar-refractivity contribution in [1.29, 1.82) is 0 Å². The van der Waals surface area contributed by atoms with Crippen LogP contribution in [0.3, 0.4) is 0 Å². The summed E-state index contributed by atoms with van der Waals surface area (Å²) >= 11 is 0. The van der Waals surface area contributed by atoms with Crippen molar-refractivity contribution >= 4 is 17.6 Å². The lowest BCUT2D eigenvalue weighted by Crippen LogP contribution is -2.44. The molecular weight excluding hydrogens is 399 g/mol. The second kappa shape index (κ2) is 9.67. The van der Waals surface area contributed by atoms with Gasteiger partial charge < -0.3 is 4.74 Å². The number of ketones is 1. The lowest BCUT2D eigenvalue weighted by Gasteiger charge is -2.12. The van der Waals surface area contributed by atoms with E-state index in [0.717, 1.165) is 11.1 Å². The number of benzene rings is 3. The largest absolute Gasteiger partial charge is 0.483 e. The van der Waals surface area contributed by atoms with Crippen molar-refractivity contribution < 1.29 is 23.5 Å². The highest BCUT2D eigenvalue weighted by molar-refractivity contribution is 6.15. The highest BCUT2D eigenvalue weighted by atomic mass is 19.1. The predicted octanol–water partition coefficient (Wildman–Crippen LogP) is 3.51. The van der Waals surface area contributed by atoms with Gasteiger partial charge in [-0.15, -0.1) is 0 Å². The zero-order valence-corrected chi connectivity index (χ0v) is 17.1. The topological polar surface area (TPSA) is 84.5 Å². The Kier molecular flexibility index (Phi) is 6.77. The van der Waals surface area contributed by atoms with Crippen molar-refractivity contribution in [2.75, 3.05) is 6.61 Å². The fourth-order valence-electron chi connectivity index (χ4n) is 2.87. The monoisotopic (exact) mass is 420 g/mol. The molecule has 0 aromatic heterocycles. The van der Waals surface area contributed by atoms with Crippen molar-refractivity contribution in [1.82, 2.24) is 10.9 Å². The van der Waals surface area contributed by atoms with Crippen molar-refractivity contribution in [2.24, 2.45) is 0 Å². The first-order chi connectivity index (χ1) is 14.8. The number of carbonyl (C=O) groups excluding carboxylic acids is 3. The fraction of sp³-hybridized carbons (Fsp3) is 0.125. The highest BCUT2D eigenvalue weighted by Gasteiger charge is 2.18. The van der Waals surface area contributed by atoms with Crippen molar-refractivity contribution in [3.05, 3.63) is 100 Å². The van der Waals surface area contributed by atoms with Gasteiger partial charge >= 0.3 is 0 Å². The van der Waals surface area contributed by atoms with Gasteiger partial charge in [0, 0.05) is 11.1 Å². The minimum atomic E-state index is -0.661. The minimum Gasteiger partial charge on any atom is -0.483 e. The Bertz CT molecular complexity index is 1130. The Morgan fingerprint density at radius 3 is 2.26 bits per heavy atom. The van der Waals surface area contributed by atoms with Gasteiger partial charge in [-0.3, -0.25) is 25.2 Å². The molecule has 6 nitrogen and oxygen atoms in total. The molecule has 0 aliphatic heterocycles. The Morgan fingerprint density at radius 2 is 1.55 bits per heavy atom. The molecule has 0 radical (unpaired) electrons. The van der Waals surface area contributed by atoms with E-state index in [0.29, 0.717) is 5.75 Å². The molecule has 0 saturated carbocycles. The van der Waals surface area contributed by atoms with Crippen molar-refractivity contribution in [3.63, 3.8) is 0 Å². The molecule has 3 aromatic carbocycles. The molecule has 0 spiro atoms. The number of hydrazine groups is 1. The molecule has 0 fully saturated rings. The minimum absolute atomic E-state index is 0.0765. The van der Waals surface area contributed by atoms with Crippen LogP contribution in [-0.4, -0.2) is 24.2 Å². The van der Waals surface area contributed by atoms with Gasteiger partial charge in [0.25, 0.3) is 11.8 Å². The number of carbonyl (C=O) groups is 3. The maximum atomic E-state index is 13.1. The van der Waals surface area contributed by atoms with Crippen LogP contribution >= 0.6 is 0 Å². The molecule has 7 heteroatoms. The summed E-state index contributed by atoms with van der Waals surface area (Å²) in [7, 11) is 0. The zero-order valence-electron chi connectivity index (χ0n) is 17.1. The molecule has 0 bridgehead atoms. The van der Waals surface area contributed by atoms with Crippen LogP contribution in [0.1, 0.15) is 37.4 Å². The van der Waals surface area contributed by atoms with Crippen LogP contribution < -0.4 is 15.6 Å². The van der Waals surface area contributed by atoms with Gasteiger partial charge in [0.1, 0.15) is 11.6 Å². The number of hydrogen-bond donors (Lipinski definition) is 2. The van der Waals surface area contributed by atoms with Gasteiger partial charge in [0.15, 0.2) is 12.4 Å². The molecule has 2 N–H and O–H groups in total. The molecule has 3 aromatic rings. The molecule has 0 aliphatic rings. The molecule has 158 valence electrons. The van der Waals surface area contributed by atoms with E-state index >= 15 is 0 Å². The average molecular weight is 420 g/mol. The second-order valence-corrected chi connectivity index (χ2v) is 6.94. The van der Waals surface area contributed by atoms with Crippen LogP contribution in [-0.2, 0) is 4.79 Å². The standard InChI is InChI=1S/C24H21FN2O4/c1-15-7-8-16(2)21(13-15)31-14-22(28)26-27-24(30)20-6-4-3-5-19(20)23(29)17-9-11-18(25)12-10-17/h3-13H,14H2,1-2H3,(H,26,28)(H,27,30). The molecule has 0 heterocycles. The van der Waals surface area contributed by atoms with E-state index in [-0.39, 0.29) is 23.3 Å². The summed E-state index contributed by atoms with van der Waals surface area (Å²) in [6, 6.07) is 16.9. The number of aryl methyl sites for hydroxylation is 2. The molecule has 0 saturated heterocycles. The number of nitrogens with one attached hydrogen (secondary N) is 2. The molecule has 0 atom stereocenters. The summed E-state index contributed by atoms with van der Waals surface area (Å²) in [5.74, 6) is -1.54. The summed E-state index contributed by atoms with van der Waals surface area (Å²) < 4.78 is 18.6. The Hall–Kier alpha value is -4.00. The maximum absolute atomic E-state index is 13.1. The normalized spacial score (nSPS) is 10.3. The van der Waals surface area contributed by atoms with Crippen molar-refractivity contribution in [2.45, 2.75) is 13.8 Å². The van der Waals surface area contributed by atoms with Crippen LogP contribution in [0.15, 0.2) is 66.7 Å². The highest BCUT2D eigenvalue weighted by Crippen LogP contribution is 2.19. The van der Waals surface area contributed by atoms with Gasteiger partial charge in [0.05, 0.1) is 5.56 Å². The maximum Gasteiger partial charge on any atom is 0.276 e. The van der Waals surface area contributed by atoms with Crippen LogP contribution in [0.4, 0.5) is 4.39 Å². The van der Waals surface area contributed by atoms with Gasteiger partial charge in [-0.1, -0.05) is 30.3 Å². The molecule has 0 unspecified atom stereocenters. The number of halogens is 1. The van der Waals surface area contributed by atoms with Crippen LogP contribution in [0.25, 0.3) is 0 Å². The van der Waals surface area contributed by atoms with E-state index in [1.807, 2.05) is 32.0 Å². The van der Waals surface area contributed by atoms with Crippen molar-refractivity contribution in [3.8, 4) is 5.75 Å². The van der Waals surface area contributed by atoms with E-state index in [9.17, 15) is 18.8 Å². The predicted molar refractivity (Wildman–Crippen MR) is 113 cm³/mol. The Morgan fingerprint density at radius 1 is 0.871 bits per heavy atom. The van der Waals surface area contributed by atoms with Crippen LogP contribution in [0.2, 0.25) is 0 Å². The van der Waals surface area contributed by atoms with E-state index in [1.54, 1.807) is 12.1 Å². The van der Waals surface area contributed by atoms with Gasteiger partial charge in [0.2, 0.25) is 0 Å². The van der Waals surface area contributed by atoms with Gasteiger partial charge in [-0.25, -0.2) is 4.39 Å². The van der Waals surface area contributed by atoms with E-state index < -0.39 is 23.4 Å². The number of ether oxygens (including phenoxy) is 1. The first-order valence-corrected chi connectivity index (χ1v) is 9.53. The van der Waals surface area contributed by atoms with Crippen LogP contribution in [0.5, 0.6) is 5.75 Å². The molecular formula is C24H21FN2O4.